The van der Waals surface area contributed by atoms with Gasteiger partial charge in [0.15, 0.2) is 5.78 Å². The number of pyridine rings is 2. The van der Waals surface area contributed by atoms with E-state index in [9.17, 15) is 14.4 Å². The Bertz CT molecular complexity index is 1230. The van der Waals surface area contributed by atoms with Gasteiger partial charge in [-0.15, -0.1) is 0 Å². The van der Waals surface area contributed by atoms with E-state index in [2.05, 4.69) is 25.4 Å². The van der Waals surface area contributed by atoms with Crippen LogP contribution in [0.3, 0.4) is 0 Å². The van der Waals surface area contributed by atoms with E-state index in [1.165, 1.54) is 6.07 Å². The number of amides is 1. The fourth-order valence-electron chi connectivity index (χ4n) is 3.91. The van der Waals surface area contributed by atoms with Gasteiger partial charge in [0.25, 0.3) is 11.5 Å². The number of Topliss-reactive ketones (excluding diaryl/α,β-unsaturated/α-hetero) is 1. The lowest BCUT2D eigenvalue weighted by molar-refractivity contribution is 0.0909. The van der Waals surface area contributed by atoms with Crippen LogP contribution in [0.25, 0.3) is 11.4 Å². The standard InChI is InChI=1S/C23H25N5O4/c1-12(2)18(22-27-19(28-32-22)13-5-7-24-8-6-13)26-21(31)15-9-14-16(25-20(15)30)10-23(3,4)11-17(14)29/h5-9,12,18H,10-11H2,1-4H3,(H,25,30)(H,26,31). The summed E-state index contributed by atoms with van der Waals surface area (Å²) >= 11 is 0. The minimum absolute atomic E-state index is 0.0825. The number of nitrogens with zero attached hydrogens (tertiary/aromatic N) is 3. The Labute approximate surface area is 184 Å². The largest absolute Gasteiger partial charge is 0.340 e. The van der Waals surface area contributed by atoms with Crippen molar-refractivity contribution >= 4 is 11.7 Å². The number of fused-ring (bicyclic) bond motifs is 1. The molecule has 1 atom stereocenters. The van der Waals surface area contributed by atoms with Crippen LogP contribution in [0.2, 0.25) is 0 Å². The van der Waals surface area contributed by atoms with Crippen LogP contribution < -0.4 is 10.9 Å². The molecule has 0 bridgehead atoms. The molecule has 1 amide bonds. The first-order valence-corrected chi connectivity index (χ1v) is 10.5. The number of hydrogen-bond acceptors (Lipinski definition) is 7. The van der Waals surface area contributed by atoms with Crippen LogP contribution in [-0.2, 0) is 6.42 Å². The number of nitrogens with one attached hydrogen (secondary N) is 2. The van der Waals surface area contributed by atoms with E-state index in [1.807, 2.05) is 27.7 Å². The maximum atomic E-state index is 13.0. The topological polar surface area (TPSA) is 131 Å². The second-order valence-corrected chi connectivity index (χ2v) is 9.23. The maximum absolute atomic E-state index is 13.0. The predicted octanol–water partition coefficient (Wildman–Crippen LogP) is 3.10. The van der Waals surface area contributed by atoms with Gasteiger partial charge in [-0.2, -0.15) is 4.98 Å². The van der Waals surface area contributed by atoms with Gasteiger partial charge < -0.3 is 14.8 Å². The van der Waals surface area contributed by atoms with Gasteiger partial charge in [-0.3, -0.25) is 19.4 Å². The number of ketones is 1. The number of carbonyl (C=O) groups is 2. The highest BCUT2D eigenvalue weighted by molar-refractivity contribution is 6.02. The molecule has 0 spiro atoms. The second kappa shape index (κ2) is 8.14. The maximum Gasteiger partial charge on any atom is 0.261 e. The summed E-state index contributed by atoms with van der Waals surface area (Å²) in [5.41, 5.74) is 0.828. The number of rotatable bonds is 5. The predicted molar refractivity (Wildman–Crippen MR) is 116 cm³/mol. The normalized spacial score (nSPS) is 16.0. The van der Waals surface area contributed by atoms with Crippen LogP contribution in [0.15, 0.2) is 39.9 Å². The molecule has 0 saturated heterocycles. The fraction of sp³-hybridized carbons (Fsp3) is 0.391. The minimum atomic E-state index is -0.615. The van der Waals surface area contributed by atoms with Crippen molar-refractivity contribution < 1.29 is 14.1 Å². The van der Waals surface area contributed by atoms with E-state index in [1.54, 1.807) is 24.5 Å². The highest BCUT2D eigenvalue weighted by Crippen LogP contribution is 2.33. The Morgan fingerprint density at radius 2 is 1.91 bits per heavy atom. The molecule has 0 fully saturated rings. The highest BCUT2D eigenvalue weighted by atomic mass is 16.5. The molecule has 166 valence electrons. The van der Waals surface area contributed by atoms with Crippen LogP contribution in [-0.4, -0.2) is 31.8 Å². The van der Waals surface area contributed by atoms with E-state index in [4.69, 9.17) is 4.52 Å². The summed E-state index contributed by atoms with van der Waals surface area (Å²) in [6, 6.07) is 4.29. The summed E-state index contributed by atoms with van der Waals surface area (Å²) in [4.78, 5) is 49.3. The lowest BCUT2D eigenvalue weighted by Crippen LogP contribution is -2.37. The van der Waals surface area contributed by atoms with E-state index >= 15 is 0 Å². The van der Waals surface area contributed by atoms with E-state index in [0.717, 1.165) is 5.56 Å². The van der Waals surface area contributed by atoms with Crippen molar-refractivity contribution in [1.82, 2.24) is 25.4 Å². The Morgan fingerprint density at radius 1 is 1.19 bits per heavy atom. The third kappa shape index (κ3) is 4.23. The number of hydrogen-bond donors (Lipinski definition) is 2. The van der Waals surface area contributed by atoms with Crippen LogP contribution in [0, 0.1) is 11.3 Å². The zero-order chi connectivity index (χ0) is 23.0. The number of H-pyrrole nitrogens is 1. The summed E-state index contributed by atoms with van der Waals surface area (Å²) in [5.74, 6) is -0.173. The van der Waals surface area contributed by atoms with Crippen LogP contribution in [0.1, 0.15) is 72.5 Å². The van der Waals surface area contributed by atoms with Gasteiger partial charge in [-0.05, 0) is 36.0 Å². The fourth-order valence-corrected chi connectivity index (χ4v) is 3.91. The monoisotopic (exact) mass is 435 g/mol. The van der Waals surface area contributed by atoms with Gasteiger partial charge in [0.2, 0.25) is 11.7 Å². The second-order valence-electron chi connectivity index (χ2n) is 9.23. The lowest BCUT2D eigenvalue weighted by atomic mass is 9.75. The molecule has 1 unspecified atom stereocenters. The highest BCUT2D eigenvalue weighted by Gasteiger charge is 2.33. The van der Waals surface area contributed by atoms with E-state index in [-0.39, 0.29) is 28.6 Å². The number of aromatic amines is 1. The van der Waals surface area contributed by atoms with Gasteiger partial charge in [0.05, 0.1) is 0 Å². The summed E-state index contributed by atoms with van der Waals surface area (Å²) < 4.78 is 5.40. The molecule has 9 heteroatoms. The molecule has 0 aromatic carbocycles. The third-order valence-electron chi connectivity index (χ3n) is 5.56. The first kappa shape index (κ1) is 21.6. The molecular formula is C23H25N5O4. The molecule has 3 aromatic rings. The van der Waals surface area contributed by atoms with Crippen LogP contribution in [0.5, 0.6) is 0 Å². The Morgan fingerprint density at radius 3 is 2.59 bits per heavy atom. The zero-order valence-corrected chi connectivity index (χ0v) is 18.4. The Hall–Kier alpha value is -3.62. The molecule has 2 N–H and O–H groups in total. The molecule has 9 nitrogen and oxygen atoms in total. The van der Waals surface area contributed by atoms with Crippen molar-refractivity contribution in [3.63, 3.8) is 0 Å². The van der Waals surface area contributed by atoms with Crippen molar-refractivity contribution in [2.75, 3.05) is 0 Å². The first-order valence-electron chi connectivity index (χ1n) is 10.5. The quantitative estimate of drug-likeness (QED) is 0.629. The lowest BCUT2D eigenvalue weighted by Gasteiger charge is -2.29. The molecule has 0 radical (unpaired) electrons. The average molecular weight is 435 g/mol. The van der Waals surface area contributed by atoms with Crippen LogP contribution in [0.4, 0.5) is 0 Å². The summed E-state index contributed by atoms with van der Waals surface area (Å²) in [6.45, 7) is 7.74. The van der Waals surface area contributed by atoms with Crippen molar-refractivity contribution in [1.29, 1.82) is 0 Å². The molecule has 0 saturated carbocycles. The molecule has 3 heterocycles. The SMILES string of the molecule is CC(C)C(NC(=O)c1cc2c([nH]c1=O)CC(C)(C)CC2=O)c1nc(-c2ccncc2)no1. The zero-order valence-electron chi connectivity index (χ0n) is 18.4. The smallest absolute Gasteiger partial charge is 0.261 e. The molecular weight excluding hydrogens is 410 g/mol. The molecule has 0 aliphatic heterocycles. The summed E-state index contributed by atoms with van der Waals surface area (Å²) in [6.07, 6.45) is 4.18. The van der Waals surface area contributed by atoms with Crippen molar-refractivity contribution in [2.45, 2.75) is 46.6 Å². The first-order chi connectivity index (χ1) is 15.1. The van der Waals surface area contributed by atoms with E-state index in [0.29, 0.717) is 29.9 Å². The number of carbonyl (C=O) groups excluding carboxylic acids is 2. The molecule has 1 aliphatic carbocycles. The van der Waals surface area contributed by atoms with Crippen molar-refractivity contribution in [2.24, 2.45) is 11.3 Å². The van der Waals surface area contributed by atoms with Gasteiger partial charge in [-0.25, -0.2) is 0 Å². The van der Waals surface area contributed by atoms with Gasteiger partial charge in [0.1, 0.15) is 11.6 Å². The van der Waals surface area contributed by atoms with Crippen molar-refractivity contribution in [3.8, 4) is 11.4 Å². The van der Waals surface area contributed by atoms with Gasteiger partial charge >= 0.3 is 0 Å². The van der Waals surface area contributed by atoms with Gasteiger partial charge in [0, 0.05) is 35.6 Å². The Balaban J connectivity index is 1.61. The molecule has 4 rings (SSSR count). The molecule has 3 aromatic heterocycles. The van der Waals surface area contributed by atoms with Crippen molar-refractivity contribution in [3.05, 3.63) is 63.7 Å². The number of aromatic nitrogens is 4. The van der Waals surface area contributed by atoms with Crippen LogP contribution >= 0.6 is 0 Å². The minimum Gasteiger partial charge on any atom is -0.340 e. The van der Waals surface area contributed by atoms with E-state index < -0.39 is 17.5 Å². The molecule has 1 aliphatic rings. The Kier molecular flexibility index (Phi) is 5.50. The average Bonchev–Trinajstić information content (AvgIpc) is 3.20. The summed E-state index contributed by atoms with van der Waals surface area (Å²) in [5, 5.41) is 6.80. The molecule has 32 heavy (non-hydrogen) atoms. The summed E-state index contributed by atoms with van der Waals surface area (Å²) in [7, 11) is 0. The van der Waals surface area contributed by atoms with Gasteiger partial charge in [-0.1, -0.05) is 32.9 Å². The third-order valence-corrected chi connectivity index (χ3v) is 5.56.